The summed E-state index contributed by atoms with van der Waals surface area (Å²) in [4.78, 5) is 103. The number of H-pyrrole nitrogens is 1. The summed E-state index contributed by atoms with van der Waals surface area (Å²) in [6, 6.07) is 12.9. The van der Waals surface area contributed by atoms with Gasteiger partial charge in [0.15, 0.2) is 6.35 Å². The normalized spacial score (nSPS) is 18.9. The maximum atomic E-state index is 14.2. The van der Waals surface area contributed by atoms with Crippen molar-refractivity contribution in [3.05, 3.63) is 83.9 Å². The second kappa shape index (κ2) is 21.6. The molecule has 21 heteroatoms. The Morgan fingerprint density at radius 3 is 2.22 bits per heavy atom. The lowest BCUT2D eigenvalue weighted by Gasteiger charge is -2.36. The number of carboxylic acid groups (broad SMARTS) is 1. The minimum Gasteiger partial charge on any atom is -0.481 e. The average molecular weight is 865 g/mol. The van der Waals surface area contributed by atoms with E-state index in [9.17, 15) is 41.7 Å². The SMILES string of the molecule is CC(=O)C[C@@H](Cc1ccc(OCP(=O)(O)O)cc1)C(=O)N[C@H]1CCCCC2CC[C@@H](C(=O)N[C@@H](Cc3cnc[nH]3)C(=O)NCc3ccccc3)N2C1=O.O=C(O)C(F)(F)F. The fourth-order valence-electron chi connectivity index (χ4n) is 6.98. The van der Waals surface area contributed by atoms with Crippen LogP contribution >= 0.6 is 7.60 Å². The van der Waals surface area contributed by atoms with E-state index in [0.29, 0.717) is 43.4 Å². The van der Waals surface area contributed by atoms with Gasteiger partial charge in [-0.1, -0.05) is 55.3 Å². The number of carbonyl (C=O) groups is 6. The Hall–Kier alpha value is -5.59. The molecule has 4 amide bonds. The lowest BCUT2D eigenvalue weighted by Crippen LogP contribution is -2.59. The second-order valence-electron chi connectivity index (χ2n) is 14.6. The van der Waals surface area contributed by atoms with E-state index < -0.39 is 61.9 Å². The van der Waals surface area contributed by atoms with Gasteiger partial charge in [-0.2, -0.15) is 13.2 Å². The molecule has 2 aliphatic heterocycles. The molecule has 1 unspecified atom stereocenters. The molecule has 2 aliphatic rings. The smallest absolute Gasteiger partial charge is 0.481 e. The highest BCUT2D eigenvalue weighted by Gasteiger charge is 2.45. The monoisotopic (exact) mass is 864 g/mol. The van der Waals surface area contributed by atoms with Crippen LogP contribution in [0.2, 0.25) is 0 Å². The van der Waals surface area contributed by atoms with Crippen molar-refractivity contribution >= 4 is 43.0 Å². The standard InChI is InChI=1S/C37H47N6O9P.C2HF3O2/c1-24(44)17-27(18-25-11-14-30(15-12-25)52-23-53(49,50)51)34(45)41-31-10-6-5-9-29-13-16-33(43(29)37(31)48)36(47)42-32(19-28-21-38-22-40-28)35(46)39-20-26-7-3-2-4-8-26;3-2(4,5)1(6)7/h2-4,7-8,11-12,14-15,21-22,27,29,31-33H,5-6,9-10,13,16-20,23H2,1H3,(H,38,40)(H,39,46)(H,41,45)(H,42,47)(H2,49,50,51);(H,6,7)/t27-,29?,31-,32-,33-;/m0./s1. The number of alkyl halides is 3. The number of fused-ring (bicyclic) bond motifs is 1. The minimum absolute atomic E-state index is 0.0649. The molecule has 7 N–H and O–H groups in total. The van der Waals surface area contributed by atoms with Crippen molar-refractivity contribution in [2.45, 2.75) is 102 Å². The number of benzene rings is 2. The maximum absolute atomic E-state index is 14.2. The lowest BCUT2D eigenvalue weighted by molar-refractivity contribution is -0.192. The predicted molar refractivity (Wildman–Crippen MR) is 207 cm³/mol. The summed E-state index contributed by atoms with van der Waals surface area (Å²) in [6.45, 7) is 1.66. The van der Waals surface area contributed by atoms with Gasteiger partial charge in [0.25, 0.3) is 0 Å². The van der Waals surface area contributed by atoms with Crippen LogP contribution in [0.1, 0.15) is 68.7 Å². The van der Waals surface area contributed by atoms with Gasteiger partial charge in [-0.3, -0.25) is 23.7 Å². The summed E-state index contributed by atoms with van der Waals surface area (Å²) in [6.07, 6.45) is 1.09. The molecule has 3 aromatic rings. The molecule has 5 atom stereocenters. The quantitative estimate of drug-likeness (QED) is 0.103. The summed E-state index contributed by atoms with van der Waals surface area (Å²) in [7, 11) is -4.36. The van der Waals surface area contributed by atoms with Gasteiger partial charge >= 0.3 is 19.7 Å². The molecule has 1 aromatic heterocycles. The average Bonchev–Trinajstić information content (AvgIpc) is 3.86. The Labute approximate surface area is 343 Å². The third kappa shape index (κ3) is 14.9. The number of nitrogens with one attached hydrogen (secondary N) is 4. The Morgan fingerprint density at radius 1 is 0.950 bits per heavy atom. The number of Topliss-reactive ketones (excluding diaryl/α,β-unsaturated/α-hetero) is 1. The van der Waals surface area contributed by atoms with E-state index in [1.165, 1.54) is 25.4 Å². The van der Waals surface area contributed by atoms with E-state index in [2.05, 4.69) is 25.9 Å². The number of aromatic nitrogens is 2. The number of carboxylic acids is 1. The Morgan fingerprint density at radius 2 is 1.62 bits per heavy atom. The Kier molecular flexibility index (Phi) is 17.0. The highest BCUT2D eigenvalue weighted by molar-refractivity contribution is 7.51. The van der Waals surface area contributed by atoms with Crippen LogP contribution in [0.4, 0.5) is 13.2 Å². The van der Waals surface area contributed by atoms with Gasteiger partial charge in [-0.05, 0) is 62.3 Å². The van der Waals surface area contributed by atoms with Crippen molar-refractivity contribution in [3.8, 4) is 5.75 Å². The first-order valence-corrected chi connectivity index (χ1v) is 20.9. The number of amides is 4. The molecule has 0 radical (unpaired) electrons. The van der Waals surface area contributed by atoms with E-state index in [1.54, 1.807) is 23.2 Å². The van der Waals surface area contributed by atoms with Crippen molar-refractivity contribution in [1.82, 2.24) is 30.8 Å². The summed E-state index contributed by atoms with van der Waals surface area (Å²) in [5.41, 5.74) is 2.25. The third-order valence-corrected chi connectivity index (χ3v) is 10.3. The lowest BCUT2D eigenvalue weighted by atomic mass is 9.92. The molecule has 5 rings (SSSR count). The van der Waals surface area contributed by atoms with Gasteiger partial charge in [0.05, 0.1) is 6.33 Å². The molecular weight excluding hydrogens is 816 g/mol. The molecular formula is C39H48F3N6O11P. The van der Waals surface area contributed by atoms with Crippen LogP contribution in [-0.4, -0.2) is 102 Å². The van der Waals surface area contributed by atoms with Crippen LogP contribution in [0.15, 0.2) is 67.1 Å². The van der Waals surface area contributed by atoms with Gasteiger partial charge < -0.3 is 50.3 Å². The summed E-state index contributed by atoms with van der Waals surface area (Å²) >= 11 is 0. The molecule has 60 heavy (non-hydrogen) atoms. The summed E-state index contributed by atoms with van der Waals surface area (Å²) in [5.74, 6) is -5.18. The molecule has 2 saturated heterocycles. The highest BCUT2D eigenvalue weighted by atomic mass is 31.2. The topological polar surface area (TPSA) is 257 Å². The van der Waals surface area contributed by atoms with Crippen molar-refractivity contribution < 1.29 is 66.1 Å². The third-order valence-electron chi connectivity index (χ3n) is 9.83. The number of aliphatic carboxylic acids is 1. The van der Waals surface area contributed by atoms with Crippen LogP contribution in [0.5, 0.6) is 5.75 Å². The molecule has 326 valence electrons. The van der Waals surface area contributed by atoms with Crippen LogP contribution in [0.3, 0.4) is 0 Å². The second-order valence-corrected chi connectivity index (χ2v) is 16.2. The number of ketones is 1. The molecule has 17 nitrogen and oxygen atoms in total. The van der Waals surface area contributed by atoms with Crippen molar-refractivity contribution in [1.29, 1.82) is 0 Å². The van der Waals surface area contributed by atoms with Crippen molar-refractivity contribution in [2.75, 3.05) is 6.35 Å². The van der Waals surface area contributed by atoms with Crippen molar-refractivity contribution in [2.24, 2.45) is 5.92 Å². The van der Waals surface area contributed by atoms with Gasteiger partial charge in [-0.25, -0.2) is 9.78 Å². The first-order chi connectivity index (χ1) is 28.3. The zero-order valence-electron chi connectivity index (χ0n) is 32.6. The number of imidazole rings is 1. The highest BCUT2D eigenvalue weighted by Crippen LogP contribution is 2.35. The Bertz CT molecular complexity index is 1980. The zero-order chi connectivity index (χ0) is 44.0. The minimum atomic E-state index is -5.08. The largest absolute Gasteiger partial charge is 0.490 e. The number of rotatable bonds is 16. The van der Waals surface area contributed by atoms with Crippen LogP contribution in [-0.2, 0) is 52.7 Å². The number of nitrogens with zero attached hydrogens (tertiary/aromatic N) is 2. The van der Waals surface area contributed by atoms with Crippen LogP contribution < -0.4 is 20.7 Å². The van der Waals surface area contributed by atoms with E-state index in [4.69, 9.17) is 24.4 Å². The molecule has 0 spiro atoms. The van der Waals surface area contributed by atoms with Crippen LogP contribution in [0.25, 0.3) is 0 Å². The predicted octanol–water partition coefficient (Wildman–Crippen LogP) is 3.16. The number of carbonyl (C=O) groups excluding carboxylic acids is 5. The molecule has 2 fully saturated rings. The fraction of sp³-hybridized carbons (Fsp3) is 0.462. The van der Waals surface area contributed by atoms with Gasteiger partial charge in [0, 0.05) is 43.2 Å². The van der Waals surface area contributed by atoms with Crippen molar-refractivity contribution in [3.63, 3.8) is 0 Å². The first-order valence-electron chi connectivity index (χ1n) is 19.1. The van der Waals surface area contributed by atoms with Crippen LogP contribution in [0, 0.1) is 5.92 Å². The van der Waals surface area contributed by atoms with E-state index in [-0.39, 0.29) is 55.2 Å². The molecule has 2 aromatic carbocycles. The van der Waals surface area contributed by atoms with Gasteiger partial charge in [0.2, 0.25) is 23.6 Å². The van der Waals surface area contributed by atoms with E-state index in [1.807, 2.05) is 30.3 Å². The number of aromatic amines is 1. The van der Waals surface area contributed by atoms with E-state index in [0.717, 1.165) is 12.0 Å². The fourth-order valence-corrected chi connectivity index (χ4v) is 7.30. The van der Waals surface area contributed by atoms with Gasteiger partial charge in [-0.15, -0.1) is 0 Å². The molecule has 0 saturated carbocycles. The molecule has 0 bridgehead atoms. The first kappa shape index (κ1) is 47.1. The number of hydrogen-bond donors (Lipinski definition) is 7. The Balaban J connectivity index is 0.00000104. The zero-order valence-corrected chi connectivity index (χ0v) is 33.5. The van der Waals surface area contributed by atoms with Gasteiger partial charge in [0.1, 0.15) is 29.7 Å². The number of ether oxygens (including phenoxy) is 1. The number of halogens is 3. The van der Waals surface area contributed by atoms with E-state index >= 15 is 0 Å². The number of hydrogen-bond acceptors (Lipinski definition) is 9. The maximum Gasteiger partial charge on any atom is 0.490 e. The molecule has 3 heterocycles. The summed E-state index contributed by atoms with van der Waals surface area (Å²) < 4.78 is 48.0. The summed E-state index contributed by atoms with van der Waals surface area (Å²) in [5, 5.41) is 15.8. The molecule has 0 aliphatic carbocycles.